The maximum Gasteiger partial charge on any atom is 0.329 e. The second-order valence-electron chi connectivity index (χ2n) is 8.43. The van der Waals surface area contributed by atoms with E-state index >= 15 is 0 Å². The normalized spacial score (nSPS) is 16.3. The van der Waals surface area contributed by atoms with Crippen molar-refractivity contribution in [2.75, 3.05) is 13.1 Å². The number of hydrogen-bond donors (Lipinski definition) is 1. The molecule has 0 radical (unpaired) electrons. The standard InChI is InChI=1S/C25H28FN5O/c1-4-29-21-9-7-18(13-22(21)30(5-2)25(29)32)24-23(17-6-8-20(26)16(3)12-17)28-15-31(24)19-10-11-27-14-19/h6-9,12-13,15,19,27H,4-5,10-11,14H2,1-3H3/t19-/m0/s1. The fourth-order valence-corrected chi connectivity index (χ4v) is 4.88. The van der Waals surface area contributed by atoms with E-state index in [9.17, 15) is 9.18 Å². The number of halogens is 1. The Morgan fingerprint density at radius 2 is 1.81 bits per heavy atom. The van der Waals surface area contributed by atoms with Crippen LogP contribution >= 0.6 is 0 Å². The molecule has 0 spiro atoms. The fourth-order valence-electron chi connectivity index (χ4n) is 4.88. The van der Waals surface area contributed by atoms with Crippen molar-refractivity contribution >= 4 is 11.0 Å². The predicted molar refractivity (Wildman–Crippen MR) is 125 cm³/mol. The highest BCUT2D eigenvalue weighted by molar-refractivity contribution is 5.86. The number of fused-ring (bicyclic) bond motifs is 1. The molecule has 5 rings (SSSR count). The van der Waals surface area contributed by atoms with Gasteiger partial charge in [-0.25, -0.2) is 14.2 Å². The quantitative estimate of drug-likeness (QED) is 0.509. The number of benzene rings is 2. The number of nitrogens with zero attached hydrogens (tertiary/aromatic N) is 4. The minimum atomic E-state index is -0.219. The van der Waals surface area contributed by atoms with Crippen molar-refractivity contribution in [3.8, 4) is 22.5 Å². The van der Waals surface area contributed by atoms with Crippen LogP contribution in [0.25, 0.3) is 33.5 Å². The molecule has 0 bridgehead atoms. The molecule has 4 aromatic rings. The molecule has 1 fully saturated rings. The minimum Gasteiger partial charge on any atom is -0.326 e. The Labute approximate surface area is 186 Å². The Morgan fingerprint density at radius 3 is 2.50 bits per heavy atom. The third-order valence-electron chi connectivity index (χ3n) is 6.58. The summed E-state index contributed by atoms with van der Waals surface area (Å²) in [5.41, 5.74) is 6.22. The van der Waals surface area contributed by atoms with Crippen LogP contribution in [0.3, 0.4) is 0 Å². The first-order chi connectivity index (χ1) is 15.5. The van der Waals surface area contributed by atoms with Gasteiger partial charge in [0.15, 0.2) is 0 Å². The zero-order valence-electron chi connectivity index (χ0n) is 18.7. The van der Waals surface area contributed by atoms with E-state index in [1.54, 1.807) is 13.0 Å². The maximum absolute atomic E-state index is 14.0. The number of aromatic nitrogens is 4. The second kappa shape index (κ2) is 8.06. The zero-order valence-corrected chi connectivity index (χ0v) is 18.7. The highest BCUT2D eigenvalue weighted by Crippen LogP contribution is 2.36. The van der Waals surface area contributed by atoms with E-state index in [-0.39, 0.29) is 11.5 Å². The molecule has 6 nitrogen and oxygen atoms in total. The molecule has 32 heavy (non-hydrogen) atoms. The van der Waals surface area contributed by atoms with E-state index < -0.39 is 0 Å². The van der Waals surface area contributed by atoms with Crippen LogP contribution in [-0.2, 0) is 13.1 Å². The molecule has 2 aromatic heterocycles. The molecular formula is C25H28FN5O. The van der Waals surface area contributed by atoms with Crippen molar-refractivity contribution in [3.63, 3.8) is 0 Å². The first kappa shape index (κ1) is 20.7. The summed E-state index contributed by atoms with van der Waals surface area (Å²) in [6.07, 6.45) is 2.93. The van der Waals surface area contributed by atoms with Crippen molar-refractivity contribution in [2.24, 2.45) is 0 Å². The van der Waals surface area contributed by atoms with Gasteiger partial charge in [-0.1, -0.05) is 6.07 Å². The highest BCUT2D eigenvalue weighted by atomic mass is 19.1. The molecule has 1 saturated heterocycles. The summed E-state index contributed by atoms with van der Waals surface area (Å²) in [5, 5.41) is 3.43. The maximum atomic E-state index is 14.0. The van der Waals surface area contributed by atoms with Gasteiger partial charge in [0, 0.05) is 36.8 Å². The Kier molecular flexibility index (Phi) is 5.21. The topological polar surface area (TPSA) is 56.8 Å². The van der Waals surface area contributed by atoms with Crippen LogP contribution in [0, 0.1) is 12.7 Å². The first-order valence-electron chi connectivity index (χ1n) is 11.3. The molecule has 1 N–H and O–H groups in total. The molecule has 3 heterocycles. The van der Waals surface area contributed by atoms with E-state index in [1.165, 1.54) is 6.07 Å². The van der Waals surface area contributed by atoms with Gasteiger partial charge >= 0.3 is 5.69 Å². The van der Waals surface area contributed by atoms with Crippen molar-refractivity contribution in [1.29, 1.82) is 0 Å². The minimum absolute atomic E-state index is 0.0185. The average Bonchev–Trinajstić information content (AvgIpc) is 3.52. The molecule has 0 amide bonds. The number of rotatable bonds is 5. The van der Waals surface area contributed by atoms with Crippen LogP contribution < -0.4 is 11.0 Å². The lowest BCUT2D eigenvalue weighted by Gasteiger charge is -2.16. The molecule has 166 valence electrons. The smallest absolute Gasteiger partial charge is 0.326 e. The van der Waals surface area contributed by atoms with Crippen LogP contribution in [0.1, 0.15) is 31.9 Å². The SMILES string of the molecule is CCn1c(=O)n(CC)c2cc(-c3c(-c4ccc(F)c(C)c4)ncn3[C@H]3CCNC3)ccc21. The lowest BCUT2D eigenvalue weighted by atomic mass is 10.0. The lowest BCUT2D eigenvalue weighted by molar-refractivity contribution is 0.551. The first-order valence-corrected chi connectivity index (χ1v) is 11.3. The molecule has 0 aliphatic carbocycles. The number of nitrogens with one attached hydrogen (secondary N) is 1. The zero-order chi connectivity index (χ0) is 22.4. The summed E-state index contributed by atoms with van der Waals surface area (Å²) in [6.45, 7) is 8.87. The Balaban J connectivity index is 1.76. The highest BCUT2D eigenvalue weighted by Gasteiger charge is 2.24. The predicted octanol–water partition coefficient (Wildman–Crippen LogP) is 4.36. The van der Waals surface area contributed by atoms with Gasteiger partial charge in [0.25, 0.3) is 0 Å². The molecule has 2 aromatic carbocycles. The van der Waals surface area contributed by atoms with Crippen LogP contribution in [-0.4, -0.2) is 31.8 Å². The lowest BCUT2D eigenvalue weighted by Crippen LogP contribution is -2.23. The fraction of sp³-hybridized carbons (Fsp3) is 0.360. The van der Waals surface area contributed by atoms with Gasteiger partial charge < -0.3 is 9.88 Å². The summed E-state index contributed by atoms with van der Waals surface area (Å²) >= 11 is 0. The van der Waals surface area contributed by atoms with Gasteiger partial charge in [-0.3, -0.25) is 9.13 Å². The summed E-state index contributed by atoms with van der Waals surface area (Å²) in [5.74, 6) is -0.219. The molecule has 0 unspecified atom stereocenters. The Bertz CT molecular complexity index is 1360. The Morgan fingerprint density at radius 1 is 1.06 bits per heavy atom. The average molecular weight is 434 g/mol. The van der Waals surface area contributed by atoms with Gasteiger partial charge in [0.1, 0.15) is 5.82 Å². The molecule has 1 atom stereocenters. The van der Waals surface area contributed by atoms with Gasteiger partial charge in [-0.2, -0.15) is 0 Å². The molecule has 0 saturated carbocycles. The molecule has 1 aliphatic rings. The van der Waals surface area contributed by atoms with Crippen molar-refractivity contribution in [2.45, 2.75) is 46.3 Å². The van der Waals surface area contributed by atoms with E-state index in [4.69, 9.17) is 4.98 Å². The van der Waals surface area contributed by atoms with E-state index in [0.717, 1.165) is 53.1 Å². The summed E-state index contributed by atoms with van der Waals surface area (Å²) in [4.78, 5) is 17.6. The summed E-state index contributed by atoms with van der Waals surface area (Å²) < 4.78 is 19.8. The Hall–Kier alpha value is -3.19. The van der Waals surface area contributed by atoms with Crippen LogP contribution in [0.15, 0.2) is 47.5 Å². The molecular weight excluding hydrogens is 405 g/mol. The number of hydrogen-bond acceptors (Lipinski definition) is 3. The largest absolute Gasteiger partial charge is 0.329 e. The van der Waals surface area contributed by atoms with E-state index in [1.807, 2.05) is 41.4 Å². The van der Waals surface area contributed by atoms with Crippen LogP contribution in [0.4, 0.5) is 4.39 Å². The summed E-state index contributed by atoms with van der Waals surface area (Å²) in [6, 6.07) is 11.7. The second-order valence-corrected chi connectivity index (χ2v) is 8.43. The van der Waals surface area contributed by atoms with Crippen molar-refractivity contribution < 1.29 is 4.39 Å². The van der Waals surface area contributed by atoms with E-state index in [0.29, 0.717) is 24.7 Å². The summed E-state index contributed by atoms with van der Waals surface area (Å²) in [7, 11) is 0. The van der Waals surface area contributed by atoms with Gasteiger partial charge in [0.2, 0.25) is 0 Å². The number of aryl methyl sites for hydroxylation is 3. The van der Waals surface area contributed by atoms with Gasteiger partial charge in [-0.05, 0) is 69.6 Å². The van der Waals surface area contributed by atoms with Gasteiger partial charge in [0.05, 0.1) is 28.7 Å². The molecule has 7 heteroatoms. The third-order valence-corrected chi connectivity index (χ3v) is 6.58. The van der Waals surface area contributed by atoms with Crippen LogP contribution in [0.2, 0.25) is 0 Å². The monoisotopic (exact) mass is 433 g/mol. The molecule has 1 aliphatic heterocycles. The van der Waals surface area contributed by atoms with Gasteiger partial charge in [-0.15, -0.1) is 0 Å². The third kappa shape index (κ3) is 3.19. The van der Waals surface area contributed by atoms with Crippen LogP contribution in [0.5, 0.6) is 0 Å². The number of imidazole rings is 2. The van der Waals surface area contributed by atoms with E-state index in [2.05, 4.69) is 22.0 Å². The van der Waals surface area contributed by atoms with Crippen molar-refractivity contribution in [1.82, 2.24) is 24.0 Å². The van der Waals surface area contributed by atoms with Crippen molar-refractivity contribution in [3.05, 3.63) is 64.6 Å².